The summed E-state index contributed by atoms with van der Waals surface area (Å²) in [6.45, 7) is 16.3. The molecule has 2 aromatic heterocycles. The molecule has 0 spiro atoms. The maximum Gasteiger partial charge on any atom is 0.225 e. The Balaban J connectivity index is 1.04. The maximum absolute atomic E-state index is 12.5. The lowest BCUT2D eigenvalue weighted by molar-refractivity contribution is -0.132. The first-order valence-corrected chi connectivity index (χ1v) is 14.6. The third kappa shape index (κ3) is 5.92. The van der Waals surface area contributed by atoms with E-state index in [-0.39, 0.29) is 5.54 Å². The van der Waals surface area contributed by atoms with Gasteiger partial charge in [0.1, 0.15) is 12.4 Å². The van der Waals surface area contributed by atoms with Crippen molar-refractivity contribution in [1.82, 2.24) is 24.3 Å². The molecule has 2 aliphatic heterocycles. The van der Waals surface area contributed by atoms with Crippen molar-refractivity contribution in [3.8, 4) is 16.9 Å². The van der Waals surface area contributed by atoms with Crippen LogP contribution in [0.5, 0.6) is 5.75 Å². The Kier molecular flexibility index (Phi) is 7.25. The summed E-state index contributed by atoms with van der Waals surface area (Å²) in [5.74, 6) is 1.56. The summed E-state index contributed by atoms with van der Waals surface area (Å²) >= 11 is 0. The van der Waals surface area contributed by atoms with Gasteiger partial charge in [-0.05, 0) is 63.4 Å². The number of anilines is 1. The first-order chi connectivity index (χ1) is 18.8. The maximum atomic E-state index is 12.5. The number of benzene rings is 1. The smallest absolute Gasteiger partial charge is 0.225 e. The molecule has 1 saturated carbocycles. The molecule has 208 valence electrons. The number of hydrogen-bond donors (Lipinski definition) is 0. The number of carbonyl (C=O) groups excluding carboxylic acids is 1. The molecule has 3 fully saturated rings. The normalized spacial score (nSPS) is 19.6. The third-order valence-corrected chi connectivity index (χ3v) is 8.53. The summed E-state index contributed by atoms with van der Waals surface area (Å²) in [6.07, 6.45) is 6.10. The molecule has 1 amide bonds. The summed E-state index contributed by atoms with van der Waals surface area (Å²) in [5.41, 5.74) is 4.82. The van der Waals surface area contributed by atoms with Crippen LogP contribution in [-0.4, -0.2) is 101 Å². The van der Waals surface area contributed by atoms with E-state index < -0.39 is 0 Å². The van der Waals surface area contributed by atoms with Gasteiger partial charge < -0.3 is 14.5 Å². The zero-order chi connectivity index (χ0) is 27.0. The number of ether oxygens (including phenoxy) is 1. The van der Waals surface area contributed by atoms with Crippen LogP contribution in [0.3, 0.4) is 0 Å². The van der Waals surface area contributed by atoms with Gasteiger partial charge in [0.15, 0.2) is 0 Å². The molecule has 8 nitrogen and oxygen atoms in total. The van der Waals surface area contributed by atoms with Crippen LogP contribution in [0.1, 0.15) is 33.6 Å². The van der Waals surface area contributed by atoms with Crippen LogP contribution in [-0.2, 0) is 4.79 Å². The molecule has 0 radical (unpaired) electrons. The summed E-state index contributed by atoms with van der Waals surface area (Å²) in [4.78, 5) is 21.9. The fraction of sp³-hybridized carbons (Fsp3) is 0.548. The second-order valence-corrected chi connectivity index (χ2v) is 12.2. The minimum absolute atomic E-state index is 0.250. The van der Waals surface area contributed by atoms with Crippen LogP contribution in [0.2, 0.25) is 0 Å². The predicted molar refractivity (Wildman–Crippen MR) is 155 cm³/mol. The second kappa shape index (κ2) is 10.8. The molecule has 1 aromatic carbocycles. The van der Waals surface area contributed by atoms with E-state index in [0.717, 1.165) is 94.1 Å². The number of rotatable bonds is 7. The van der Waals surface area contributed by atoms with E-state index in [9.17, 15) is 4.79 Å². The van der Waals surface area contributed by atoms with Crippen LogP contribution in [0.4, 0.5) is 5.69 Å². The highest BCUT2D eigenvalue weighted by Crippen LogP contribution is 2.33. The van der Waals surface area contributed by atoms with Gasteiger partial charge in [0, 0.05) is 88.3 Å². The molecular weight excluding hydrogens is 488 g/mol. The SMILES string of the molecule is CC(C)(C)N1CCN(CCOc2ccc(-c3cc4c(N5CCN(C(=O)C6CC6)CC5)ccnn4c3)cc2)CC1. The van der Waals surface area contributed by atoms with E-state index in [0.29, 0.717) is 18.4 Å². The van der Waals surface area contributed by atoms with Crippen molar-refractivity contribution in [1.29, 1.82) is 0 Å². The van der Waals surface area contributed by atoms with Crippen molar-refractivity contribution in [3.05, 3.63) is 48.8 Å². The number of amides is 1. The molecule has 0 atom stereocenters. The summed E-state index contributed by atoms with van der Waals surface area (Å²) in [6, 6.07) is 12.7. The Morgan fingerprint density at radius 1 is 0.923 bits per heavy atom. The molecule has 8 heteroatoms. The number of hydrogen-bond acceptors (Lipinski definition) is 6. The molecule has 3 aliphatic rings. The van der Waals surface area contributed by atoms with Crippen LogP contribution in [0, 0.1) is 5.92 Å². The van der Waals surface area contributed by atoms with Crippen molar-refractivity contribution >= 4 is 17.1 Å². The van der Waals surface area contributed by atoms with Crippen molar-refractivity contribution in [2.45, 2.75) is 39.2 Å². The third-order valence-electron chi connectivity index (χ3n) is 8.53. The standard InChI is InChI=1S/C31H42N6O2/c1-31(2,3)36-18-12-33(13-19-36)20-21-39-27-8-6-24(7-9-27)26-22-29-28(10-11-32-37(29)23-26)34-14-16-35(17-15-34)30(38)25-4-5-25/h6-11,22-23,25H,4-5,12-21H2,1-3H3. The number of piperazine rings is 2. The van der Waals surface area contributed by atoms with Gasteiger partial charge in [-0.15, -0.1) is 0 Å². The largest absolute Gasteiger partial charge is 0.492 e. The summed E-state index contributed by atoms with van der Waals surface area (Å²) < 4.78 is 8.06. The monoisotopic (exact) mass is 530 g/mol. The first-order valence-electron chi connectivity index (χ1n) is 14.6. The molecule has 39 heavy (non-hydrogen) atoms. The van der Waals surface area contributed by atoms with Crippen molar-refractivity contribution in [2.24, 2.45) is 5.92 Å². The quantitative estimate of drug-likeness (QED) is 0.463. The second-order valence-electron chi connectivity index (χ2n) is 12.2. The van der Waals surface area contributed by atoms with Crippen molar-refractivity contribution in [3.63, 3.8) is 0 Å². The molecule has 1 aliphatic carbocycles. The van der Waals surface area contributed by atoms with E-state index in [1.165, 1.54) is 5.69 Å². The van der Waals surface area contributed by atoms with Gasteiger partial charge in [-0.1, -0.05) is 12.1 Å². The lowest BCUT2D eigenvalue weighted by Gasteiger charge is -2.42. The zero-order valence-electron chi connectivity index (χ0n) is 23.7. The van der Waals surface area contributed by atoms with Gasteiger partial charge in [0.25, 0.3) is 0 Å². The van der Waals surface area contributed by atoms with E-state index in [1.54, 1.807) is 0 Å². The van der Waals surface area contributed by atoms with Crippen LogP contribution in [0.25, 0.3) is 16.6 Å². The fourth-order valence-corrected chi connectivity index (χ4v) is 5.86. The molecular formula is C31H42N6O2. The molecule has 3 aromatic rings. The van der Waals surface area contributed by atoms with Crippen molar-refractivity contribution in [2.75, 3.05) is 70.4 Å². The number of nitrogens with zero attached hydrogens (tertiary/aromatic N) is 6. The minimum atomic E-state index is 0.250. The van der Waals surface area contributed by atoms with Gasteiger partial charge in [-0.3, -0.25) is 14.6 Å². The van der Waals surface area contributed by atoms with Gasteiger partial charge in [-0.2, -0.15) is 5.10 Å². The Bertz CT molecular complexity index is 1280. The van der Waals surface area contributed by atoms with E-state index in [4.69, 9.17) is 4.74 Å². The average Bonchev–Trinajstić information content (AvgIpc) is 3.71. The van der Waals surface area contributed by atoms with E-state index in [2.05, 4.69) is 83.2 Å². The van der Waals surface area contributed by atoms with E-state index >= 15 is 0 Å². The zero-order valence-corrected chi connectivity index (χ0v) is 23.7. The van der Waals surface area contributed by atoms with Crippen LogP contribution < -0.4 is 9.64 Å². The highest BCUT2D eigenvalue weighted by Gasteiger charge is 2.34. The predicted octanol–water partition coefficient (Wildman–Crippen LogP) is 3.85. The van der Waals surface area contributed by atoms with Gasteiger partial charge in [-0.25, -0.2) is 4.52 Å². The highest BCUT2D eigenvalue weighted by molar-refractivity contribution is 5.82. The topological polar surface area (TPSA) is 56.6 Å². The van der Waals surface area contributed by atoms with E-state index in [1.807, 2.05) is 15.6 Å². The lowest BCUT2D eigenvalue weighted by atomic mass is 10.1. The summed E-state index contributed by atoms with van der Waals surface area (Å²) in [5, 5.41) is 4.57. The van der Waals surface area contributed by atoms with Crippen molar-refractivity contribution < 1.29 is 9.53 Å². The first kappa shape index (κ1) is 26.1. The fourth-order valence-electron chi connectivity index (χ4n) is 5.86. The number of carbonyl (C=O) groups is 1. The average molecular weight is 531 g/mol. The van der Waals surface area contributed by atoms with Gasteiger partial charge >= 0.3 is 0 Å². The van der Waals surface area contributed by atoms with Gasteiger partial charge in [0.2, 0.25) is 5.91 Å². The molecule has 2 saturated heterocycles. The van der Waals surface area contributed by atoms with Crippen LogP contribution in [0.15, 0.2) is 48.8 Å². The van der Waals surface area contributed by atoms with Gasteiger partial charge in [0.05, 0.1) is 11.2 Å². The number of fused-ring (bicyclic) bond motifs is 1. The minimum Gasteiger partial charge on any atom is -0.492 e. The molecule has 0 bridgehead atoms. The Hall–Kier alpha value is -3.10. The Labute approximate surface area is 232 Å². The lowest BCUT2D eigenvalue weighted by Crippen LogP contribution is -2.53. The molecule has 0 unspecified atom stereocenters. The van der Waals surface area contributed by atoms with Crippen LogP contribution >= 0.6 is 0 Å². The molecule has 0 N–H and O–H groups in total. The molecule has 6 rings (SSSR count). The molecule has 4 heterocycles. The highest BCUT2D eigenvalue weighted by atomic mass is 16.5. The Morgan fingerprint density at radius 3 is 2.31 bits per heavy atom. The number of aromatic nitrogens is 2. The Morgan fingerprint density at radius 2 is 1.64 bits per heavy atom. The summed E-state index contributed by atoms with van der Waals surface area (Å²) in [7, 11) is 0.